The molecular formula is C13H20N2O4. The van der Waals surface area contributed by atoms with Crippen molar-refractivity contribution >= 4 is 12.1 Å². The lowest BCUT2D eigenvalue weighted by Gasteiger charge is -2.19. The van der Waals surface area contributed by atoms with Crippen molar-refractivity contribution in [1.82, 2.24) is 10.3 Å². The van der Waals surface area contributed by atoms with Gasteiger partial charge in [0.15, 0.2) is 0 Å². The summed E-state index contributed by atoms with van der Waals surface area (Å²) in [6.45, 7) is 7.60. The van der Waals surface area contributed by atoms with E-state index in [9.17, 15) is 9.59 Å². The highest BCUT2D eigenvalue weighted by molar-refractivity contribution is 5.91. The van der Waals surface area contributed by atoms with Gasteiger partial charge in [0.1, 0.15) is 5.60 Å². The highest BCUT2D eigenvalue weighted by Gasteiger charge is 2.18. The van der Waals surface area contributed by atoms with E-state index < -0.39 is 17.7 Å². The number of esters is 1. The number of alkyl carbamates (subject to hydrolysis) is 1. The van der Waals surface area contributed by atoms with Gasteiger partial charge >= 0.3 is 12.1 Å². The van der Waals surface area contributed by atoms with E-state index in [1.807, 2.05) is 0 Å². The van der Waals surface area contributed by atoms with E-state index in [0.717, 1.165) is 0 Å². The molecule has 0 aromatic carbocycles. The zero-order valence-electron chi connectivity index (χ0n) is 11.7. The summed E-state index contributed by atoms with van der Waals surface area (Å²) in [6, 6.07) is 0. The lowest BCUT2D eigenvalue weighted by atomic mass is 10.2. The maximum atomic E-state index is 11.6. The molecule has 0 aliphatic heterocycles. The van der Waals surface area contributed by atoms with Crippen molar-refractivity contribution in [2.75, 3.05) is 6.61 Å². The molecule has 0 atom stereocenters. The summed E-state index contributed by atoms with van der Waals surface area (Å²) in [7, 11) is 0. The first kappa shape index (κ1) is 15.1. The second kappa shape index (κ2) is 6.26. The van der Waals surface area contributed by atoms with Gasteiger partial charge in [-0.05, 0) is 27.7 Å². The number of amides is 1. The van der Waals surface area contributed by atoms with E-state index in [2.05, 4.69) is 10.3 Å². The predicted molar refractivity (Wildman–Crippen MR) is 69.8 cm³/mol. The number of aromatic amines is 1. The maximum Gasteiger partial charge on any atom is 0.407 e. The van der Waals surface area contributed by atoms with Crippen LogP contribution in [0.15, 0.2) is 12.4 Å². The first-order chi connectivity index (χ1) is 8.83. The van der Waals surface area contributed by atoms with Crippen LogP contribution in [0.1, 0.15) is 43.6 Å². The molecule has 6 heteroatoms. The van der Waals surface area contributed by atoms with E-state index in [-0.39, 0.29) is 6.54 Å². The Kier molecular flexibility index (Phi) is 4.97. The molecule has 0 aliphatic rings. The fraction of sp³-hybridized carbons (Fsp3) is 0.538. The van der Waals surface area contributed by atoms with E-state index >= 15 is 0 Å². The Hall–Kier alpha value is -1.98. The van der Waals surface area contributed by atoms with Gasteiger partial charge in [-0.15, -0.1) is 0 Å². The first-order valence-electron chi connectivity index (χ1n) is 6.13. The van der Waals surface area contributed by atoms with Crippen LogP contribution in [0.3, 0.4) is 0 Å². The molecule has 19 heavy (non-hydrogen) atoms. The van der Waals surface area contributed by atoms with Crippen LogP contribution in [0.4, 0.5) is 4.79 Å². The van der Waals surface area contributed by atoms with Gasteiger partial charge in [0, 0.05) is 24.5 Å². The minimum atomic E-state index is -0.549. The second-order valence-electron chi connectivity index (χ2n) is 4.97. The van der Waals surface area contributed by atoms with Crippen LogP contribution < -0.4 is 5.32 Å². The molecule has 0 saturated heterocycles. The van der Waals surface area contributed by atoms with Crippen LogP contribution in [0.5, 0.6) is 0 Å². The van der Waals surface area contributed by atoms with Crippen molar-refractivity contribution < 1.29 is 19.1 Å². The van der Waals surface area contributed by atoms with Crippen molar-refractivity contribution in [2.45, 2.75) is 39.8 Å². The van der Waals surface area contributed by atoms with Crippen molar-refractivity contribution in [3.05, 3.63) is 23.5 Å². The average Bonchev–Trinajstić information content (AvgIpc) is 2.72. The zero-order chi connectivity index (χ0) is 14.5. The fourth-order valence-electron chi connectivity index (χ4n) is 1.42. The summed E-state index contributed by atoms with van der Waals surface area (Å²) >= 11 is 0. The topological polar surface area (TPSA) is 80.4 Å². The number of hydrogen-bond donors (Lipinski definition) is 2. The summed E-state index contributed by atoms with van der Waals surface area (Å²) in [5.41, 5.74) is 0.522. The molecule has 1 heterocycles. The quantitative estimate of drug-likeness (QED) is 0.820. The minimum Gasteiger partial charge on any atom is -0.462 e. The molecule has 2 N–H and O–H groups in total. The molecule has 1 amide bonds. The van der Waals surface area contributed by atoms with E-state index in [1.54, 1.807) is 40.1 Å². The molecule has 0 radical (unpaired) electrons. The van der Waals surface area contributed by atoms with Crippen LogP contribution in [-0.2, 0) is 16.0 Å². The Balaban J connectivity index is 2.57. The van der Waals surface area contributed by atoms with Gasteiger partial charge < -0.3 is 19.8 Å². The number of carbonyl (C=O) groups excluding carboxylic acids is 2. The molecule has 1 aromatic heterocycles. The number of nitrogens with one attached hydrogen (secondary N) is 2. The number of aromatic nitrogens is 1. The highest BCUT2D eigenvalue weighted by atomic mass is 16.6. The lowest BCUT2D eigenvalue weighted by molar-refractivity contribution is 0.0503. The predicted octanol–water partition coefficient (Wildman–Crippen LogP) is 2.22. The number of ether oxygens (including phenoxy) is 2. The zero-order valence-corrected chi connectivity index (χ0v) is 11.7. The molecule has 0 spiro atoms. The summed E-state index contributed by atoms with van der Waals surface area (Å²) in [5, 5.41) is 2.59. The number of H-pyrrole nitrogens is 1. The van der Waals surface area contributed by atoms with Crippen LogP contribution in [0.2, 0.25) is 0 Å². The SMILES string of the molecule is CCOC(=O)c1c[nH]cc1CNC(=O)OC(C)(C)C. The molecule has 0 unspecified atom stereocenters. The van der Waals surface area contributed by atoms with E-state index in [1.165, 1.54) is 0 Å². The second-order valence-corrected chi connectivity index (χ2v) is 4.97. The molecular weight excluding hydrogens is 248 g/mol. The van der Waals surface area contributed by atoms with Gasteiger partial charge in [-0.3, -0.25) is 0 Å². The standard InChI is InChI=1S/C13H20N2O4/c1-5-18-11(16)10-8-14-6-9(10)7-15-12(17)19-13(2,3)4/h6,8,14H,5,7H2,1-4H3,(H,15,17). The fourth-order valence-corrected chi connectivity index (χ4v) is 1.42. The normalized spacial score (nSPS) is 10.9. The number of carbonyl (C=O) groups is 2. The summed E-state index contributed by atoms with van der Waals surface area (Å²) in [6.07, 6.45) is 2.66. The molecule has 6 nitrogen and oxygen atoms in total. The largest absolute Gasteiger partial charge is 0.462 e. The Morgan fingerprint density at radius 3 is 2.58 bits per heavy atom. The van der Waals surface area contributed by atoms with Crippen LogP contribution >= 0.6 is 0 Å². The minimum absolute atomic E-state index is 0.201. The van der Waals surface area contributed by atoms with Crippen molar-refractivity contribution in [1.29, 1.82) is 0 Å². The van der Waals surface area contributed by atoms with Gasteiger partial charge in [0.05, 0.1) is 12.2 Å². The van der Waals surface area contributed by atoms with Crippen molar-refractivity contribution in [3.8, 4) is 0 Å². The molecule has 0 fully saturated rings. The smallest absolute Gasteiger partial charge is 0.407 e. The molecule has 1 rings (SSSR count). The average molecular weight is 268 g/mol. The third-order valence-corrected chi connectivity index (χ3v) is 2.15. The van der Waals surface area contributed by atoms with Crippen LogP contribution in [0.25, 0.3) is 0 Å². The van der Waals surface area contributed by atoms with Gasteiger partial charge in [0.25, 0.3) is 0 Å². The van der Waals surface area contributed by atoms with E-state index in [4.69, 9.17) is 9.47 Å². The molecule has 0 bridgehead atoms. The monoisotopic (exact) mass is 268 g/mol. The van der Waals surface area contributed by atoms with Gasteiger partial charge in [0.2, 0.25) is 0 Å². The Bertz CT molecular complexity index is 446. The van der Waals surface area contributed by atoms with Crippen molar-refractivity contribution in [2.24, 2.45) is 0 Å². The Labute approximate surface area is 112 Å². The maximum absolute atomic E-state index is 11.6. The van der Waals surface area contributed by atoms with Crippen LogP contribution in [0, 0.1) is 0 Å². The van der Waals surface area contributed by atoms with Gasteiger partial charge in [-0.2, -0.15) is 0 Å². The Morgan fingerprint density at radius 1 is 1.32 bits per heavy atom. The highest BCUT2D eigenvalue weighted by Crippen LogP contribution is 2.11. The third-order valence-electron chi connectivity index (χ3n) is 2.15. The molecule has 0 aliphatic carbocycles. The summed E-state index contributed by atoms with van der Waals surface area (Å²) in [5.74, 6) is -0.412. The third kappa shape index (κ3) is 5.03. The number of hydrogen-bond acceptors (Lipinski definition) is 4. The van der Waals surface area contributed by atoms with E-state index in [0.29, 0.717) is 17.7 Å². The van der Waals surface area contributed by atoms with Gasteiger partial charge in [-0.25, -0.2) is 9.59 Å². The van der Waals surface area contributed by atoms with Crippen molar-refractivity contribution in [3.63, 3.8) is 0 Å². The van der Waals surface area contributed by atoms with Gasteiger partial charge in [-0.1, -0.05) is 0 Å². The molecule has 1 aromatic rings. The molecule has 106 valence electrons. The summed E-state index contributed by atoms with van der Waals surface area (Å²) in [4.78, 5) is 25.9. The summed E-state index contributed by atoms with van der Waals surface area (Å²) < 4.78 is 10.0. The molecule has 0 saturated carbocycles. The van der Waals surface area contributed by atoms with Crippen LogP contribution in [-0.4, -0.2) is 29.3 Å². The lowest BCUT2D eigenvalue weighted by Crippen LogP contribution is -2.32. The Morgan fingerprint density at radius 2 is 2.00 bits per heavy atom. The first-order valence-corrected chi connectivity index (χ1v) is 6.13. The number of rotatable bonds is 4.